The van der Waals surface area contributed by atoms with Crippen molar-refractivity contribution in [3.05, 3.63) is 60.4 Å². The Morgan fingerprint density at radius 2 is 1.87 bits per heavy atom. The summed E-state index contributed by atoms with van der Waals surface area (Å²) in [6.45, 7) is 4.15. The molecule has 7 rings (SSSR count). The molecule has 0 aliphatic carbocycles. The van der Waals surface area contributed by atoms with Gasteiger partial charge in [-0.2, -0.15) is 9.78 Å². The Hall–Kier alpha value is -5.14. The quantitative estimate of drug-likeness (QED) is 0.251. The molecule has 1 aromatic carbocycles. The summed E-state index contributed by atoms with van der Waals surface area (Å²) >= 11 is 0. The monoisotopic (exact) mass is 525 g/mol. The number of pyridine rings is 1. The van der Waals surface area contributed by atoms with Gasteiger partial charge in [0.1, 0.15) is 17.9 Å². The number of likely N-dealkylation sites (tertiary alicyclic amines) is 1. The fourth-order valence-electron chi connectivity index (χ4n) is 5.45. The molecule has 0 unspecified atom stereocenters. The van der Waals surface area contributed by atoms with Crippen molar-refractivity contribution in [2.24, 2.45) is 5.41 Å². The lowest BCUT2D eigenvalue weighted by atomic mass is 9.72. The second-order valence-electron chi connectivity index (χ2n) is 9.91. The molecule has 39 heavy (non-hydrogen) atoms. The Morgan fingerprint density at radius 1 is 1.08 bits per heavy atom. The third kappa shape index (κ3) is 3.55. The number of nitrogens with zero attached hydrogens (tertiary/aromatic N) is 10. The van der Waals surface area contributed by atoms with Crippen molar-refractivity contribution in [3.8, 4) is 17.3 Å². The summed E-state index contributed by atoms with van der Waals surface area (Å²) in [7, 11) is 1.49. The van der Waals surface area contributed by atoms with E-state index >= 15 is 0 Å². The van der Waals surface area contributed by atoms with Gasteiger partial charge in [-0.15, -0.1) is 0 Å². The summed E-state index contributed by atoms with van der Waals surface area (Å²) in [5, 5.41) is 16.9. The minimum absolute atomic E-state index is 0.0800. The fourth-order valence-corrected chi connectivity index (χ4v) is 5.45. The summed E-state index contributed by atoms with van der Waals surface area (Å²) in [6, 6.07) is 9.68. The molecule has 0 radical (unpaired) electrons. The smallest absolute Gasteiger partial charge is 0.295 e. The number of rotatable bonds is 6. The Morgan fingerprint density at radius 3 is 2.59 bits per heavy atom. The van der Waals surface area contributed by atoms with Gasteiger partial charge in [-0.25, -0.2) is 14.6 Å². The number of ether oxygens (including phenoxy) is 1. The number of benzene rings is 1. The minimum Gasteiger partial charge on any atom is -0.494 e. The van der Waals surface area contributed by atoms with E-state index in [9.17, 15) is 9.59 Å². The Bertz CT molecular complexity index is 1720. The maximum absolute atomic E-state index is 13.4. The highest BCUT2D eigenvalue weighted by atomic mass is 16.5. The Labute approximate surface area is 221 Å². The highest BCUT2D eigenvalue weighted by Gasteiger charge is 2.55. The molecule has 14 nitrogen and oxygen atoms in total. The largest absolute Gasteiger partial charge is 0.494 e. The van der Waals surface area contributed by atoms with Crippen molar-refractivity contribution in [3.63, 3.8) is 0 Å². The molecule has 0 atom stereocenters. The molecule has 1 spiro atoms. The van der Waals surface area contributed by atoms with Gasteiger partial charge in [-0.1, -0.05) is 23.3 Å². The summed E-state index contributed by atoms with van der Waals surface area (Å²) in [6.07, 6.45) is 4.57. The predicted molar refractivity (Wildman–Crippen MR) is 137 cm³/mol. The lowest BCUT2D eigenvalue weighted by molar-refractivity contribution is -0.139. The molecule has 1 amide bonds. The van der Waals surface area contributed by atoms with E-state index in [1.165, 1.54) is 30.5 Å². The van der Waals surface area contributed by atoms with Crippen LogP contribution in [0.1, 0.15) is 16.2 Å². The van der Waals surface area contributed by atoms with Crippen LogP contribution in [-0.4, -0.2) is 94.8 Å². The van der Waals surface area contributed by atoms with Crippen LogP contribution in [0.3, 0.4) is 0 Å². The zero-order chi connectivity index (χ0) is 26.7. The van der Waals surface area contributed by atoms with Crippen LogP contribution in [0.4, 0.5) is 5.95 Å². The SMILES string of the molecule is COc1cnc(-n2cnc(C)n2)c2[nH]cc(C(=O)C(=O)N3CC4(C3)CN(c3nnnn3-c3ccccc3)C4)c12. The Balaban J connectivity index is 1.07. The molecule has 2 aliphatic rings. The zero-order valence-electron chi connectivity index (χ0n) is 21.1. The van der Waals surface area contributed by atoms with Crippen molar-refractivity contribution in [2.45, 2.75) is 6.92 Å². The third-order valence-corrected chi connectivity index (χ3v) is 7.27. The van der Waals surface area contributed by atoms with Gasteiger partial charge in [-0.05, 0) is 29.5 Å². The van der Waals surface area contributed by atoms with Crippen molar-refractivity contribution in [2.75, 3.05) is 38.2 Å². The second kappa shape index (κ2) is 8.44. The van der Waals surface area contributed by atoms with Gasteiger partial charge in [0.2, 0.25) is 5.95 Å². The number of H-pyrrole nitrogens is 1. The first-order valence-corrected chi connectivity index (χ1v) is 12.3. The number of aromatic nitrogens is 9. The number of nitrogens with one attached hydrogen (secondary N) is 1. The molecule has 1 N–H and O–H groups in total. The normalized spacial score (nSPS) is 15.8. The lowest BCUT2D eigenvalue weighted by Crippen LogP contribution is -2.74. The topological polar surface area (TPSA) is 153 Å². The number of anilines is 1. The van der Waals surface area contributed by atoms with Crippen LogP contribution >= 0.6 is 0 Å². The Kier molecular flexibility index (Phi) is 4.98. The average Bonchev–Trinajstić information content (AvgIpc) is 3.66. The molecule has 196 valence electrons. The fraction of sp³-hybridized carbons (Fsp3) is 0.280. The number of hydrogen-bond acceptors (Lipinski definition) is 10. The van der Waals surface area contributed by atoms with Gasteiger partial charge < -0.3 is 19.5 Å². The van der Waals surface area contributed by atoms with Crippen LogP contribution < -0.4 is 9.64 Å². The molecule has 6 heterocycles. The van der Waals surface area contributed by atoms with Crippen LogP contribution in [0.5, 0.6) is 5.75 Å². The molecule has 0 saturated carbocycles. The highest BCUT2D eigenvalue weighted by Crippen LogP contribution is 2.42. The maximum Gasteiger partial charge on any atom is 0.295 e. The number of tetrazole rings is 1. The van der Waals surface area contributed by atoms with Crippen molar-refractivity contribution >= 4 is 28.5 Å². The van der Waals surface area contributed by atoms with Crippen LogP contribution in [0.2, 0.25) is 0 Å². The van der Waals surface area contributed by atoms with Crippen molar-refractivity contribution in [1.29, 1.82) is 0 Å². The number of Topliss-reactive ketones (excluding diaryl/α,β-unsaturated/α-hetero) is 1. The van der Waals surface area contributed by atoms with Crippen LogP contribution in [0.25, 0.3) is 22.4 Å². The zero-order valence-corrected chi connectivity index (χ0v) is 21.1. The number of ketones is 1. The predicted octanol–water partition coefficient (Wildman–Crippen LogP) is 0.968. The number of methoxy groups -OCH3 is 1. The van der Waals surface area contributed by atoms with Gasteiger partial charge in [0.05, 0.1) is 35.5 Å². The molecular weight excluding hydrogens is 502 g/mol. The van der Waals surface area contributed by atoms with Gasteiger partial charge in [0.15, 0.2) is 5.82 Å². The molecule has 0 bridgehead atoms. The molecule has 14 heteroatoms. The van der Waals surface area contributed by atoms with Crippen molar-refractivity contribution < 1.29 is 14.3 Å². The van der Waals surface area contributed by atoms with Crippen LogP contribution in [0, 0.1) is 12.3 Å². The van der Waals surface area contributed by atoms with Gasteiger partial charge in [0, 0.05) is 37.8 Å². The number of carbonyl (C=O) groups excluding carboxylic acids is 2. The van der Waals surface area contributed by atoms with Gasteiger partial charge in [-0.3, -0.25) is 9.59 Å². The lowest BCUT2D eigenvalue weighted by Gasteiger charge is -2.59. The number of hydrogen-bond donors (Lipinski definition) is 1. The highest BCUT2D eigenvalue weighted by molar-refractivity contribution is 6.45. The maximum atomic E-state index is 13.4. The molecular formula is C25H23N11O3. The van der Waals surface area contributed by atoms with E-state index in [0.717, 1.165) is 5.69 Å². The second-order valence-corrected chi connectivity index (χ2v) is 9.91. The van der Waals surface area contributed by atoms with E-state index in [1.807, 2.05) is 30.3 Å². The van der Waals surface area contributed by atoms with E-state index in [4.69, 9.17) is 4.74 Å². The average molecular weight is 526 g/mol. The van der Waals surface area contributed by atoms with E-state index in [0.29, 0.717) is 60.4 Å². The van der Waals surface area contributed by atoms with E-state index in [-0.39, 0.29) is 11.0 Å². The molecule has 5 aromatic rings. The summed E-state index contributed by atoms with van der Waals surface area (Å²) in [5.74, 6) is 0.917. The number of aromatic amines is 1. The number of amides is 1. The molecule has 2 fully saturated rings. The van der Waals surface area contributed by atoms with E-state index < -0.39 is 11.7 Å². The molecule has 4 aromatic heterocycles. The minimum atomic E-state index is -0.606. The summed E-state index contributed by atoms with van der Waals surface area (Å²) < 4.78 is 8.69. The number of aryl methyl sites for hydroxylation is 1. The van der Waals surface area contributed by atoms with E-state index in [2.05, 4.69) is 40.5 Å². The van der Waals surface area contributed by atoms with Crippen molar-refractivity contribution in [1.82, 2.24) is 49.8 Å². The van der Waals surface area contributed by atoms with Gasteiger partial charge >= 0.3 is 0 Å². The number of fused-ring (bicyclic) bond motifs is 1. The van der Waals surface area contributed by atoms with E-state index in [1.54, 1.807) is 16.5 Å². The first-order chi connectivity index (χ1) is 19.0. The summed E-state index contributed by atoms with van der Waals surface area (Å²) in [4.78, 5) is 41.9. The van der Waals surface area contributed by atoms with Crippen LogP contribution in [-0.2, 0) is 4.79 Å². The first-order valence-electron chi connectivity index (χ1n) is 12.3. The first kappa shape index (κ1) is 23.0. The number of carbonyl (C=O) groups is 2. The summed E-state index contributed by atoms with van der Waals surface area (Å²) in [5.41, 5.74) is 1.55. The standard InChI is InChI=1S/C25H23N11O3/c1-15-28-14-35(30-15)22-20-19(18(39-2)9-27-22)17(8-26-20)21(37)23(38)33-10-25(11-33)12-34(13-25)24-29-31-32-36(24)16-6-4-3-5-7-16/h3-9,14,26H,10-13H2,1-2H3. The molecule has 2 saturated heterocycles. The van der Waals surface area contributed by atoms with Gasteiger partial charge in [0.25, 0.3) is 11.7 Å². The number of para-hydroxylation sites is 1. The molecule has 2 aliphatic heterocycles. The van der Waals surface area contributed by atoms with Crippen LogP contribution in [0.15, 0.2) is 49.1 Å². The third-order valence-electron chi connectivity index (χ3n) is 7.27.